The van der Waals surface area contributed by atoms with Gasteiger partial charge in [0.1, 0.15) is 0 Å². The Morgan fingerprint density at radius 1 is 0.727 bits per heavy atom. The molecule has 0 radical (unpaired) electrons. The summed E-state index contributed by atoms with van der Waals surface area (Å²) in [4.78, 5) is 0. The van der Waals surface area contributed by atoms with Crippen LogP contribution >= 0.6 is 0 Å². The summed E-state index contributed by atoms with van der Waals surface area (Å²) < 4.78 is 0. The first kappa shape index (κ1) is 16.9. The Hall–Kier alpha value is -0.440. The van der Waals surface area contributed by atoms with E-state index in [4.69, 9.17) is 0 Å². The highest BCUT2D eigenvalue weighted by Gasteiger charge is 1.95. The van der Waals surface area contributed by atoms with E-state index in [0.717, 1.165) is 0 Å². The van der Waals surface area contributed by atoms with Crippen LogP contribution in [-0.2, 0) is 0 Å². The second kappa shape index (κ2) is 12.3. The molecule has 68 valence electrons. The maximum Gasteiger partial charge on any atom is -0.00271 e. The summed E-state index contributed by atoms with van der Waals surface area (Å²) in [7, 11) is 0. The average Bonchev–Trinajstić information content (AvgIpc) is 1.89. The highest BCUT2D eigenvalue weighted by atomic mass is 14.0. The van der Waals surface area contributed by atoms with Gasteiger partial charge in [-0.25, -0.2) is 0 Å². The molecule has 0 nitrogen and oxygen atoms in total. The third-order valence-electron chi connectivity index (χ3n) is 0.250. The predicted molar refractivity (Wildman–Crippen MR) is 55.6 cm³/mol. The average molecular weight is 156 g/mol. The molecule has 0 saturated carbocycles. The minimum absolute atomic E-state index is 0.500. The summed E-state index contributed by atoms with van der Waals surface area (Å²) in [5.74, 6) is 5.36. The third kappa shape index (κ3) is 1740. The van der Waals surface area contributed by atoms with E-state index in [1.807, 2.05) is 27.7 Å². The van der Waals surface area contributed by atoms with E-state index in [2.05, 4.69) is 39.5 Å². The Morgan fingerprint density at radius 2 is 0.818 bits per heavy atom. The van der Waals surface area contributed by atoms with Gasteiger partial charge in [-0.15, -0.1) is 11.8 Å². The van der Waals surface area contributed by atoms with E-state index < -0.39 is 0 Å². The van der Waals surface area contributed by atoms with Gasteiger partial charge in [0.05, 0.1) is 0 Å². The molecular weight excluding hydrogens is 132 g/mol. The Morgan fingerprint density at radius 3 is 0.818 bits per heavy atom. The molecule has 0 aromatic rings. The van der Waals surface area contributed by atoms with Crippen LogP contribution in [0.5, 0.6) is 0 Å². The highest BCUT2D eigenvalue weighted by molar-refractivity contribution is 4.89. The molecule has 0 unspecified atom stereocenters. The topological polar surface area (TPSA) is 0 Å². The van der Waals surface area contributed by atoms with Crippen LogP contribution in [0.4, 0.5) is 0 Å². The normalized spacial score (nSPS) is 7.27. The predicted octanol–water partition coefficient (Wildman–Crippen LogP) is 4.11. The summed E-state index contributed by atoms with van der Waals surface area (Å²) >= 11 is 0. The molecule has 0 bridgehead atoms. The minimum Gasteiger partial charge on any atom is -0.107 e. The second-order valence-corrected chi connectivity index (χ2v) is 3.50. The van der Waals surface area contributed by atoms with Gasteiger partial charge >= 0.3 is 0 Å². The van der Waals surface area contributed by atoms with Crippen LogP contribution in [0.25, 0.3) is 0 Å². The van der Waals surface area contributed by atoms with Crippen molar-refractivity contribution in [2.45, 2.75) is 55.4 Å². The lowest BCUT2D eigenvalue weighted by Gasteiger charge is -2.05. The minimum atomic E-state index is 0.500. The quantitative estimate of drug-likeness (QED) is 0.463. The van der Waals surface area contributed by atoms with E-state index in [0.29, 0.717) is 5.41 Å². The van der Waals surface area contributed by atoms with E-state index in [1.165, 1.54) is 0 Å². The molecule has 0 aliphatic heterocycles. The van der Waals surface area contributed by atoms with Gasteiger partial charge in [0, 0.05) is 0 Å². The Kier molecular flexibility index (Phi) is 18.8. The molecule has 0 spiro atoms. The van der Waals surface area contributed by atoms with E-state index >= 15 is 0 Å². The first-order chi connectivity index (χ1) is 4.91. The maximum absolute atomic E-state index is 2.68. The van der Waals surface area contributed by atoms with Gasteiger partial charge in [-0.2, -0.15) is 0 Å². The van der Waals surface area contributed by atoms with Crippen molar-refractivity contribution < 1.29 is 0 Å². The SMILES string of the molecule is CC.CC#CC.CC(C)(C)C. The van der Waals surface area contributed by atoms with E-state index in [1.54, 1.807) is 0 Å². The van der Waals surface area contributed by atoms with Crippen molar-refractivity contribution in [3.05, 3.63) is 0 Å². The van der Waals surface area contributed by atoms with Crippen molar-refractivity contribution >= 4 is 0 Å². The summed E-state index contributed by atoms with van der Waals surface area (Å²) in [5, 5.41) is 0. The molecule has 0 heterocycles. The van der Waals surface area contributed by atoms with Crippen LogP contribution in [-0.4, -0.2) is 0 Å². The molecule has 0 aromatic carbocycles. The first-order valence-corrected chi connectivity index (χ1v) is 4.25. The molecule has 0 N–H and O–H groups in total. The lowest BCUT2D eigenvalue weighted by Crippen LogP contribution is -1.93. The highest BCUT2D eigenvalue weighted by Crippen LogP contribution is 2.07. The van der Waals surface area contributed by atoms with Gasteiger partial charge in [-0.3, -0.25) is 0 Å². The zero-order valence-corrected chi connectivity index (χ0v) is 9.50. The number of hydrogen-bond donors (Lipinski definition) is 0. The van der Waals surface area contributed by atoms with Gasteiger partial charge in [0.15, 0.2) is 0 Å². The molecule has 0 aliphatic carbocycles. The molecule has 0 amide bonds. The molecule has 0 rings (SSSR count). The first-order valence-electron chi connectivity index (χ1n) is 4.25. The van der Waals surface area contributed by atoms with Crippen molar-refractivity contribution in [1.29, 1.82) is 0 Å². The van der Waals surface area contributed by atoms with Crippen LogP contribution in [0.2, 0.25) is 0 Å². The van der Waals surface area contributed by atoms with Gasteiger partial charge in [0.2, 0.25) is 0 Å². The second-order valence-electron chi connectivity index (χ2n) is 3.50. The monoisotopic (exact) mass is 156 g/mol. The molecule has 0 aliphatic rings. The molecule has 0 heteroatoms. The standard InChI is InChI=1S/C5H12.C4H6.C2H6/c1-5(2,3)4;1-3-4-2;1-2/h1-4H3;1-2H3;1-2H3. The molecule has 0 atom stereocenters. The van der Waals surface area contributed by atoms with Gasteiger partial charge in [0.25, 0.3) is 0 Å². The van der Waals surface area contributed by atoms with Crippen molar-refractivity contribution in [3.63, 3.8) is 0 Å². The molecule has 0 aromatic heterocycles. The maximum atomic E-state index is 2.68. The van der Waals surface area contributed by atoms with Gasteiger partial charge in [-0.1, -0.05) is 41.5 Å². The smallest absolute Gasteiger partial charge is 0.00271 e. The van der Waals surface area contributed by atoms with Gasteiger partial charge in [-0.05, 0) is 19.3 Å². The molecule has 11 heavy (non-hydrogen) atoms. The Balaban J connectivity index is -0.0000000965. The van der Waals surface area contributed by atoms with Crippen LogP contribution in [0.15, 0.2) is 0 Å². The van der Waals surface area contributed by atoms with Crippen molar-refractivity contribution in [2.75, 3.05) is 0 Å². The largest absolute Gasteiger partial charge is 0.107 e. The zero-order chi connectivity index (χ0) is 9.91. The summed E-state index contributed by atoms with van der Waals surface area (Å²) in [5.41, 5.74) is 0.500. The summed E-state index contributed by atoms with van der Waals surface area (Å²) in [6, 6.07) is 0. The lowest BCUT2D eigenvalue weighted by molar-refractivity contribution is 0.469. The summed E-state index contributed by atoms with van der Waals surface area (Å²) in [6.07, 6.45) is 0. The number of hydrogen-bond acceptors (Lipinski definition) is 0. The van der Waals surface area contributed by atoms with E-state index in [9.17, 15) is 0 Å². The van der Waals surface area contributed by atoms with Crippen LogP contribution in [0.3, 0.4) is 0 Å². The van der Waals surface area contributed by atoms with Gasteiger partial charge < -0.3 is 0 Å². The summed E-state index contributed by atoms with van der Waals surface area (Å²) in [6.45, 7) is 16.4. The fourth-order valence-corrected chi connectivity index (χ4v) is 0. The molecular formula is C11H24. The fourth-order valence-electron chi connectivity index (χ4n) is 0. The van der Waals surface area contributed by atoms with Crippen LogP contribution < -0.4 is 0 Å². The van der Waals surface area contributed by atoms with Crippen molar-refractivity contribution in [2.24, 2.45) is 5.41 Å². The third-order valence-corrected chi connectivity index (χ3v) is 0.250. The van der Waals surface area contributed by atoms with Crippen LogP contribution in [0.1, 0.15) is 55.4 Å². The zero-order valence-electron chi connectivity index (χ0n) is 9.50. The van der Waals surface area contributed by atoms with E-state index in [-0.39, 0.29) is 0 Å². The molecule has 0 fully saturated rings. The van der Waals surface area contributed by atoms with Crippen LogP contribution in [0, 0.1) is 17.3 Å². The van der Waals surface area contributed by atoms with Crippen molar-refractivity contribution in [1.82, 2.24) is 0 Å². The Labute approximate surface area is 73.4 Å². The van der Waals surface area contributed by atoms with Crippen molar-refractivity contribution in [3.8, 4) is 11.8 Å². The lowest BCUT2D eigenvalue weighted by atomic mass is 10.0. The Bertz CT molecular complexity index is 81.4. The molecule has 0 saturated heterocycles. The number of rotatable bonds is 0. The fraction of sp³-hybridized carbons (Fsp3) is 0.818.